The van der Waals surface area contributed by atoms with Crippen molar-refractivity contribution in [1.82, 2.24) is 9.38 Å². The number of carbonyl (C=O) groups excluding carboxylic acids is 1. The van der Waals surface area contributed by atoms with E-state index in [4.69, 9.17) is 10.7 Å². The van der Waals surface area contributed by atoms with Gasteiger partial charge >= 0.3 is 0 Å². The second-order valence-electron chi connectivity index (χ2n) is 6.31. The third-order valence-electron chi connectivity index (χ3n) is 4.70. The van der Waals surface area contributed by atoms with E-state index >= 15 is 0 Å². The second-order valence-corrected chi connectivity index (χ2v) is 6.31. The van der Waals surface area contributed by atoms with Crippen molar-refractivity contribution in [2.75, 3.05) is 11.4 Å². The maximum atomic E-state index is 11.7. The lowest BCUT2D eigenvalue weighted by molar-refractivity contribution is -0.116. The van der Waals surface area contributed by atoms with Crippen LogP contribution in [0.5, 0.6) is 0 Å². The standard InChI is InChI=1S/C19H20N4O/c1-12-5-7-23-17(11-20)19(21-18(23)9-12)15-3-4-16-14(10-15)6-8-22(16)13(2)24/h3-5,7,9-10H,6,8,11,20H2,1-2H3. The SMILES string of the molecule is CC(=O)N1CCc2cc(-c3nc4cc(C)ccn4c3CN)ccc21. The molecule has 2 N–H and O–H groups in total. The highest BCUT2D eigenvalue weighted by Crippen LogP contribution is 2.33. The number of rotatable bonds is 2. The van der Waals surface area contributed by atoms with Gasteiger partial charge in [0.25, 0.3) is 0 Å². The molecule has 3 aromatic rings. The summed E-state index contributed by atoms with van der Waals surface area (Å²) in [6.07, 6.45) is 2.90. The molecule has 0 spiro atoms. The van der Waals surface area contributed by atoms with Crippen molar-refractivity contribution in [1.29, 1.82) is 0 Å². The fourth-order valence-electron chi connectivity index (χ4n) is 3.50. The van der Waals surface area contributed by atoms with Gasteiger partial charge in [0.2, 0.25) is 5.91 Å². The number of carbonyl (C=O) groups is 1. The maximum Gasteiger partial charge on any atom is 0.223 e. The highest BCUT2D eigenvalue weighted by molar-refractivity contribution is 5.94. The van der Waals surface area contributed by atoms with Gasteiger partial charge in [0.05, 0.1) is 11.4 Å². The summed E-state index contributed by atoms with van der Waals surface area (Å²) >= 11 is 0. The van der Waals surface area contributed by atoms with E-state index in [1.165, 1.54) is 11.1 Å². The molecule has 0 saturated heterocycles. The molecule has 5 heteroatoms. The van der Waals surface area contributed by atoms with Crippen LogP contribution in [0.4, 0.5) is 5.69 Å². The molecule has 1 aliphatic rings. The number of anilines is 1. The molecule has 0 atom stereocenters. The summed E-state index contributed by atoms with van der Waals surface area (Å²) in [5.74, 6) is 0.0901. The average Bonchev–Trinajstić information content (AvgIpc) is 3.14. The minimum absolute atomic E-state index is 0.0901. The Morgan fingerprint density at radius 1 is 1.29 bits per heavy atom. The number of benzene rings is 1. The Balaban J connectivity index is 1.85. The molecule has 3 heterocycles. The molecule has 1 aromatic carbocycles. The van der Waals surface area contributed by atoms with Crippen molar-refractivity contribution in [3.8, 4) is 11.3 Å². The average molecular weight is 320 g/mol. The van der Waals surface area contributed by atoms with Crippen LogP contribution < -0.4 is 10.6 Å². The molecule has 4 rings (SSSR count). The number of nitrogens with zero attached hydrogens (tertiary/aromatic N) is 3. The third-order valence-corrected chi connectivity index (χ3v) is 4.70. The number of aryl methyl sites for hydroxylation is 1. The van der Waals surface area contributed by atoms with E-state index in [9.17, 15) is 4.79 Å². The van der Waals surface area contributed by atoms with Crippen LogP contribution in [0.2, 0.25) is 0 Å². The molecular formula is C19H20N4O. The van der Waals surface area contributed by atoms with Crippen molar-refractivity contribution in [2.24, 2.45) is 5.73 Å². The number of aromatic nitrogens is 2. The second kappa shape index (κ2) is 5.46. The van der Waals surface area contributed by atoms with Crippen molar-refractivity contribution in [2.45, 2.75) is 26.8 Å². The van der Waals surface area contributed by atoms with Crippen LogP contribution in [-0.4, -0.2) is 21.8 Å². The van der Waals surface area contributed by atoms with Gasteiger partial charge in [-0.2, -0.15) is 0 Å². The first-order valence-electron chi connectivity index (χ1n) is 8.17. The lowest BCUT2D eigenvalue weighted by Crippen LogP contribution is -2.25. The maximum absolute atomic E-state index is 11.7. The zero-order valence-electron chi connectivity index (χ0n) is 13.9. The minimum Gasteiger partial charge on any atom is -0.325 e. The molecule has 0 radical (unpaired) electrons. The lowest BCUT2D eigenvalue weighted by Gasteiger charge is -2.14. The number of imidazole rings is 1. The Bertz CT molecular complexity index is 957. The van der Waals surface area contributed by atoms with Crippen LogP contribution in [0.15, 0.2) is 36.5 Å². The zero-order chi connectivity index (χ0) is 16.8. The Hall–Kier alpha value is -2.66. The Labute approximate surface area is 140 Å². The van der Waals surface area contributed by atoms with Gasteiger partial charge in [-0.25, -0.2) is 4.98 Å². The van der Waals surface area contributed by atoms with E-state index in [0.717, 1.165) is 41.3 Å². The molecule has 5 nitrogen and oxygen atoms in total. The summed E-state index contributed by atoms with van der Waals surface area (Å²) in [7, 11) is 0. The normalized spacial score (nSPS) is 13.5. The largest absolute Gasteiger partial charge is 0.325 e. The Morgan fingerprint density at radius 2 is 2.12 bits per heavy atom. The predicted molar refractivity (Wildman–Crippen MR) is 95.0 cm³/mol. The highest BCUT2D eigenvalue weighted by Gasteiger charge is 2.23. The van der Waals surface area contributed by atoms with Crippen LogP contribution in [0.3, 0.4) is 0 Å². The number of amides is 1. The summed E-state index contributed by atoms with van der Waals surface area (Å²) in [5, 5.41) is 0. The highest BCUT2D eigenvalue weighted by atomic mass is 16.2. The van der Waals surface area contributed by atoms with E-state index in [1.807, 2.05) is 23.2 Å². The number of hydrogen-bond acceptors (Lipinski definition) is 3. The molecule has 2 aromatic heterocycles. The quantitative estimate of drug-likeness (QED) is 0.789. The van der Waals surface area contributed by atoms with Gasteiger partial charge in [-0.05, 0) is 48.7 Å². The van der Waals surface area contributed by atoms with Crippen molar-refractivity contribution in [3.05, 3.63) is 53.3 Å². The number of nitrogens with two attached hydrogens (primary N) is 1. The van der Waals surface area contributed by atoms with Crippen molar-refractivity contribution >= 4 is 17.2 Å². The predicted octanol–water partition coefficient (Wildman–Crippen LogP) is 2.68. The summed E-state index contributed by atoms with van der Waals surface area (Å²) in [5.41, 5.74) is 13.3. The molecule has 0 fully saturated rings. The summed E-state index contributed by atoms with van der Waals surface area (Å²) in [6, 6.07) is 10.3. The van der Waals surface area contributed by atoms with Crippen LogP contribution in [0.1, 0.15) is 23.7 Å². The van der Waals surface area contributed by atoms with Crippen LogP contribution in [0.25, 0.3) is 16.9 Å². The first kappa shape index (κ1) is 14.9. The monoisotopic (exact) mass is 320 g/mol. The Kier molecular flexibility index (Phi) is 3.39. The fraction of sp³-hybridized carbons (Fsp3) is 0.263. The fourth-order valence-corrected chi connectivity index (χ4v) is 3.50. The summed E-state index contributed by atoms with van der Waals surface area (Å²) in [4.78, 5) is 18.3. The topological polar surface area (TPSA) is 63.6 Å². The van der Waals surface area contributed by atoms with Gasteiger partial charge in [0, 0.05) is 37.5 Å². The van der Waals surface area contributed by atoms with Gasteiger partial charge in [0.1, 0.15) is 5.65 Å². The first-order chi connectivity index (χ1) is 11.6. The molecular weight excluding hydrogens is 300 g/mol. The molecule has 1 amide bonds. The van der Waals surface area contributed by atoms with E-state index in [-0.39, 0.29) is 5.91 Å². The first-order valence-corrected chi connectivity index (χ1v) is 8.17. The molecule has 1 aliphatic heterocycles. The van der Waals surface area contributed by atoms with E-state index in [2.05, 4.69) is 29.5 Å². The van der Waals surface area contributed by atoms with E-state index < -0.39 is 0 Å². The van der Waals surface area contributed by atoms with E-state index in [1.54, 1.807) is 6.92 Å². The minimum atomic E-state index is 0.0901. The van der Waals surface area contributed by atoms with Gasteiger partial charge in [-0.3, -0.25) is 4.79 Å². The summed E-state index contributed by atoms with van der Waals surface area (Å²) in [6.45, 7) is 4.85. The van der Waals surface area contributed by atoms with Crippen molar-refractivity contribution < 1.29 is 4.79 Å². The van der Waals surface area contributed by atoms with Crippen molar-refractivity contribution in [3.63, 3.8) is 0 Å². The molecule has 122 valence electrons. The summed E-state index contributed by atoms with van der Waals surface area (Å²) < 4.78 is 2.05. The van der Waals surface area contributed by atoms with Crippen LogP contribution >= 0.6 is 0 Å². The lowest BCUT2D eigenvalue weighted by atomic mass is 10.0. The molecule has 0 unspecified atom stereocenters. The number of fused-ring (bicyclic) bond motifs is 2. The molecule has 0 aliphatic carbocycles. The van der Waals surface area contributed by atoms with Crippen LogP contribution in [0, 0.1) is 6.92 Å². The van der Waals surface area contributed by atoms with Gasteiger partial charge in [-0.15, -0.1) is 0 Å². The smallest absolute Gasteiger partial charge is 0.223 e. The third kappa shape index (κ3) is 2.20. The number of pyridine rings is 1. The molecule has 0 saturated carbocycles. The van der Waals surface area contributed by atoms with Crippen LogP contribution in [-0.2, 0) is 17.8 Å². The number of hydrogen-bond donors (Lipinski definition) is 1. The molecule has 24 heavy (non-hydrogen) atoms. The van der Waals surface area contributed by atoms with Gasteiger partial charge < -0.3 is 15.0 Å². The van der Waals surface area contributed by atoms with E-state index in [0.29, 0.717) is 6.54 Å². The Morgan fingerprint density at radius 3 is 2.88 bits per heavy atom. The zero-order valence-corrected chi connectivity index (χ0v) is 13.9. The van der Waals surface area contributed by atoms with Gasteiger partial charge in [-0.1, -0.05) is 6.07 Å². The van der Waals surface area contributed by atoms with Gasteiger partial charge in [0.15, 0.2) is 0 Å². The molecule has 0 bridgehead atoms.